The van der Waals surface area contributed by atoms with Gasteiger partial charge in [-0.15, -0.1) is 0 Å². The molecule has 0 spiro atoms. The van der Waals surface area contributed by atoms with Crippen molar-refractivity contribution in [3.63, 3.8) is 0 Å². The van der Waals surface area contributed by atoms with Crippen LogP contribution in [0.4, 0.5) is 4.39 Å². The Balaban J connectivity index is 0.00000243. The van der Waals surface area contributed by atoms with E-state index in [-0.39, 0.29) is 25.9 Å². The number of nitrogens with zero attached hydrogens (tertiary/aromatic N) is 3. The molecule has 2 aromatic heterocycles. The second-order valence-corrected chi connectivity index (χ2v) is 5.68. The minimum atomic E-state index is -0.400. The number of aliphatic hydroxyl groups is 1. The van der Waals surface area contributed by atoms with Crippen molar-refractivity contribution in [1.29, 1.82) is 0 Å². The molecule has 2 heterocycles. The molecule has 0 saturated carbocycles. The van der Waals surface area contributed by atoms with Gasteiger partial charge in [0.1, 0.15) is 17.7 Å². The largest absolute Gasteiger partial charge is 0.472 e. The first-order valence-corrected chi connectivity index (χ1v) is 7.90. The molecule has 1 atom stereocenters. The minimum Gasteiger partial charge on any atom is -0.472 e. The molecule has 0 radical (unpaired) electrons. The first kappa shape index (κ1) is 19.8. The molecule has 3 rings (SSSR count). The monoisotopic (exact) mass is 373 g/mol. The standard InChI is InChI=1S/C19H18FN3O2.H2S/c1-12(11-24)25-19-17(4-3-7-21-19)14-5-6-16(18(20)8-14)15-9-22-13(2)23-10-15;/h3-10,12,24H,11H2,1-2H3;1H2/t12-;/m0./s1. The van der Waals surface area contributed by atoms with Gasteiger partial charge in [-0.05, 0) is 37.6 Å². The molecular weight excluding hydrogens is 353 g/mol. The Morgan fingerprint density at radius 3 is 2.46 bits per heavy atom. The number of benzene rings is 1. The lowest BCUT2D eigenvalue weighted by Gasteiger charge is -2.15. The summed E-state index contributed by atoms with van der Waals surface area (Å²) < 4.78 is 20.2. The number of hydrogen-bond acceptors (Lipinski definition) is 5. The van der Waals surface area contributed by atoms with Crippen molar-refractivity contribution in [2.75, 3.05) is 6.61 Å². The quantitative estimate of drug-likeness (QED) is 0.741. The first-order valence-electron chi connectivity index (χ1n) is 7.90. The molecule has 136 valence electrons. The van der Waals surface area contributed by atoms with Crippen LogP contribution in [-0.2, 0) is 0 Å². The number of ether oxygens (including phenoxy) is 1. The summed E-state index contributed by atoms with van der Waals surface area (Å²) in [7, 11) is 0. The molecule has 0 saturated heterocycles. The van der Waals surface area contributed by atoms with Crippen molar-refractivity contribution in [2.24, 2.45) is 0 Å². The molecule has 1 N–H and O–H groups in total. The Bertz CT molecular complexity index is 875. The van der Waals surface area contributed by atoms with Gasteiger partial charge in [0.2, 0.25) is 5.88 Å². The molecule has 0 unspecified atom stereocenters. The highest BCUT2D eigenvalue weighted by molar-refractivity contribution is 7.59. The van der Waals surface area contributed by atoms with Crippen molar-refractivity contribution in [2.45, 2.75) is 20.0 Å². The summed E-state index contributed by atoms with van der Waals surface area (Å²) >= 11 is 0. The fourth-order valence-electron chi connectivity index (χ4n) is 2.38. The Labute approximate surface area is 158 Å². The van der Waals surface area contributed by atoms with Crippen LogP contribution in [0, 0.1) is 12.7 Å². The van der Waals surface area contributed by atoms with Crippen LogP contribution in [0.15, 0.2) is 48.9 Å². The summed E-state index contributed by atoms with van der Waals surface area (Å²) in [5, 5.41) is 9.16. The maximum atomic E-state index is 14.6. The van der Waals surface area contributed by atoms with Gasteiger partial charge in [0.05, 0.1) is 6.61 Å². The highest BCUT2D eigenvalue weighted by Crippen LogP contribution is 2.32. The van der Waals surface area contributed by atoms with Crippen LogP contribution in [0.1, 0.15) is 12.7 Å². The molecule has 0 aliphatic carbocycles. The summed E-state index contributed by atoms with van der Waals surface area (Å²) in [4.78, 5) is 12.4. The van der Waals surface area contributed by atoms with Gasteiger partial charge in [-0.25, -0.2) is 19.3 Å². The summed E-state index contributed by atoms with van der Waals surface area (Å²) in [6, 6.07) is 8.47. The Hall–Kier alpha value is -2.51. The topological polar surface area (TPSA) is 68.1 Å². The fraction of sp³-hybridized carbons (Fsp3) is 0.211. The van der Waals surface area contributed by atoms with Crippen LogP contribution in [0.3, 0.4) is 0 Å². The number of pyridine rings is 1. The SMILES string of the molecule is Cc1ncc(-c2ccc(-c3cccnc3O[C@@H](C)CO)cc2F)cn1.S. The molecule has 0 aliphatic rings. The van der Waals surface area contributed by atoms with E-state index in [1.54, 1.807) is 56.7 Å². The van der Waals surface area contributed by atoms with Crippen molar-refractivity contribution in [3.8, 4) is 28.1 Å². The van der Waals surface area contributed by atoms with E-state index >= 15 is 0 Å². The molecular formula is C19H20FN3O2S. The summed E-state index contributed by atoms with van der Waals surface area (Å²) in [5.41, 5.74) is 2.35. The molecule has 26 heavy (non-hydrogen) atoms. The Kier molecular flexibility index (Phi) is 6.65. The van der Waals surface area contributed by atoms with Crippen molar-refractivity contribution in [1.82, 2.24) is 15.0 Å². The Morgan fingerprint density at radius 2 is 1.81 bits per heavy atom. The average Bonchev–Trinajstić information content (AvgIpc) is 2.63. The third-order valence-electron chi connectivity index (χ3n) is 3.71. The zero-order valence-electron chi connectivity index (χ0n) is 14.5. The lowest BCUT2D eigenvalue weighted by Crippen LogP contribution is -2.17. The number of aliphatic hydroxyl groups excluding tert-OH is 1. The molecule has 7 heteroatoms. The van der Waals surface area contributed by atoms with E-state index in [1.807, 2.05) is 0 Å². The van der Waals surface area contributed by atoms with Gasteiger partial charge >= 0.3 is 0 Å². The van der Waals surface area contributed by atoms with Gasteiger partial charge in [0.15, 0.2) is 0 Å². The zero-order chi connectivity index (χ0) is 17.8. The summed E-state index contributed by atoms with van der Waals surface area (Å²) in [6.07, 6.45) is 4.39. The van der Waals surface area contributed by atoms with E-state index in [9.17, 15) is 4.39 Å². The molecule has 0 fully saturated rings. The zero-order valence-corrected chi connectivity index (χ0v) is 15.5. The van der Waals surface area contributed by atoms with E-state index in [0.29, 0.717) is 34.0 Å². The van der Waals surface area contributed by atoms with E-state index < -0.39 is 6.10 Å². The second-order valence-electron chi connectivity index (χ2n) is 5.68. The van der Waals surface area contributed by atoms with Gasteiger partial charge in [0, 0.05) is 35.3 Å². The number of rotatable bonds is 5. The maximum Gasteiger partial charge on any atom is 0.221 e. The molecule has 3 aromatic rings. The third-order valence-corrected chi connectivity index (χ3v) is 3.71. The normalized spacial score (nSPS) is 11.5. The fourth-order valence-corrected chi connectivity index (χ4v) is 2.38. The molecule has 0 amide bonds. The second kappa shape index (κ2) is 8.73. The van der Waals surface area contributed by atoms with Crippen LogP contribution in [0.2, 0.25) is 0 Å². The van der Waals surface area contributed by atoms with Crippen molar-refractivity contribution in [3.05, 3.63) is 60.6 Å². The van der Waals surface area contributed by atoms with Crippen LogP contribution < -0.4 is 4.74 Å². The average molecular weight is 373 g/mol. The lowest BCUT2D eigenvalue weighted by atomic mass is 10.0. The molecule has 0 aliphatic heterocycles. The Morgan fingerprint density at radius 1 is 1.08 bits per heavy atom. The number of aryl methyl sites for hydroxylation is 1. The van der Waals surface area contributed by atoms with Gasteiger partial charge in [-0.2, -0.15) is 13.5 Å². The van der Waals surface area contributed by atoms with Crippen molar-refractivity contribution >= 4 is 13.5 Å². The molecule has 0 bridgehead atoms. The molecule has 1 aromatic carbocycles. The van der Waals surface area contributed by atoms with Crippen LogP contribution in [0.5, 0.6) is 5.88 Å². The highest BCUT2D eigenvalue weighted by atomic mass is 32.1. The van der Waals surface area contributed by atoms with Crippen molar-refractivity contribution < 1.29 is 14.2 Å². The van der Waals surface area contributed by atoms with E-state index in [2.05, 4.69) is 15.0 Å². The van der Waals surface area contributed by atoms with Crippen LogP contribution >= 0.6 is 13.5 Å². The maximum absolute atomic E-state index is 14.6. The summed E-state index contributed by atoms with van der Waals surface area (Å²) in [6.45, 7) is 3.39. The smallest absolute Gasteiger partial charge is 0.221 e. The predicted octanol–water partition coefficient (Wildman–Crippen LogP) is 3.53. The lowest BCUT2D eigenvalue weighted by molar-refractivity contribution is 0.126. The van der Waals surface area contributed by atoms with E-state index in [0.717, 1.165) is 0 Å². The minimum absolute atomic E-state index is 0. The van der Waals surface area contributed by atoms with Gasteiger partial charge in [-0.1, -0.05) is 12.1 Å². The third kappa shape index (κ3) is 4.36. The number of halogens is 1. The molecule has 5 nitrogen and oxygen atoms in total. The van der Waals surface area contributed by atoms with Crippen LogP contribution in [-0.4, -0.2) is 32.8 Å². The predicted molar refractivity (Wildman–Crippen MR) is 103 cm³/mol. The first-order chi connectivity index (χ1) is 12.1. The van der Waals surface area contributed by atoms with E-state index in [4.69, 9.17) is 9.84 Å². The highest BCUT2D eigenvalue weighted by Gasteiger charge is 2.13. The number of hydrogen-bond donors (Lipinski definition) is 1. The summed E-state index contributed by atoms with van der Waals surface area (Å²) in [5.74, 6) is 0.612. The van der Waals surface area contributed by atoms with Gasteiger partial charge in [0.25, 0.3) is 0 Å². The van der Waals surface area contributed by atoms with Gasteiger partial charge in [-0.3, -0.25) is 0 Å². The van der Waals surface area contributed by atoms with E-state index in [1.165, 1.54) is 6.07 Å². The van der Waals surface area contributed by atoms with Gasteiger partial charge < -0.3 is 9.84 Å². The number of aromatic nitrogens is 3. The van der Waals surface area contributed by atoms with Crippen LogP contribution in [0.25, 0.3) is 22.3 Å².